The van der Waals surface area contributed by atoms with Crippen molar-refractivity contribution >= 4 is 23.4 Å². The number of piperidine rings is 1. The van der Waals surface area contributed by atoms with Crippen LogP contribution in [0.4, 0.5) is 0 Å². The largest absolute Gasteiger partial charge is 0.293 e. The quantitative estimate of drug-likeness (QED) is 0.760. The van der Waals surface area contributed by atoms with Crippen molar-refractivity contribution in [3.63, 3.8) is 0 Å². The van der Waals surface area contributed by atoms with Gasteiger partial charge in [0.1, 0.15) is 0 Å². The molecule has 1 fully saturated rings. The van der Waals surface area contributed by atoms with E-state index in [0.29, 0.717) is 36.1 Å². The maximum atomic E-state index is 13.2. The normalized spacial score (nSPS) is 21.9. The van der Waals surface area contributed by atoms with Gasteiger partial charge in [0.2, 0.25) is 5.91 Å². The Bertz CT molecular complexity index is 836. The number of amides is 2. The SMILES string of the molecule is CCCC/C(C(=O)N1CCCCC1=O)=C1/C(=O)c2ccccc2C(=O)C1C. The number of carbonyl (C=O) groups is 4. The van der Waals surface area contributed by atoms with Crippen LogP contribution < -0.4 is 0 Å². The molecule has 2 amide bonds. The van der Waals surface area contributed by atoms with Crippen LogP contribution in [0.1, 0.15) is 73.1 Å². The number of allylic oxidation sites excluding steroid dienone is 1. The second-order valence-corrected chi connectivity index (χ2v) is 7.26. The molecule has 5 nitrogen and oxygen atoms in total. The van der Waals surface area contributed by atoms with E-state index >= 15 is 0 Å². The number of Topliss-reactive ketones (excluding diaryl/α,β-unsaturated/α-hetero) is 2. The van der Waals surface area contributed by atoms with Gasteiger partial charge in [-0.1, -0.05) is 44.5 Å². The van der Waals surface area contributed by atoms with Crippen molar-refractivity contribution in [2.45, 2.75) is 52.4 Å². The van der Waals surface area contributed by atoms with E-state index in [2.05, 4.69) is 0 Å². The highest BCUT2D eigenvalue weighted by Crippen LogP contribution is 2.34. The molecule has 2 aliphatic rings. The molecule has 0 radical (unpaired) electrons. The molecule has 0 aromatic heterocycles. The molecule has 0 saturated carbocycles. The number of benzene rings is 1. The van der Waals surface area contributed by atoms with Gasteiger partial charge in [0.05, 0.1) is 0 Å². The smallest absolute Gasteiger partial charge is 0.256 e. The van der Waals surface area contributed by atoms with Gasteiger partial charge in [-0.25, -0.2) is 0 Å². The Hall–Kier alpha value is -2.56. The average molecular weight is 367 g/mol. The molecule has 1 unspecified atom stereocenters. The lowest BCUT2D eigenvalue weighted by Gasteiger charge is -2.29. The number of hydrogen-bond acceptors (Lipinski definition) is 4. The van der Waals surface area contributed by atoms with Crippen LogP contribution in [0.2, 0.25) is 0 Å². The third kappa shape index (κ3) is 3.51. The van der Waals surface area contributed by atoms with E-state index in [-0.39, 0.29) is 23.0 Å². The Balaban J connectivity index is 2.10. The maximum absolute atomic E-state index is 13.2. The average Bonchev–Trinajstić information content (AvgIpc) is 2.68. The maximum Gasteiger partial charge on any atom is 0.256 e. The first-order valence-corrected chi connectivity index (χ1v) is 9.73. The highest BCUT2D eigenvalue weighted by molar-refractivity contribution is 6.26. The van der Waals surface area contributed by atoms with Crippen molar-refractivity contribution in [2.24, 2.45) is 5.92 Å². The number of fused-ring (bicyclic) bond motifs is 1. The van der Waals surface area contributed by atoms with E-state index in [1.54, 1.807) is 31.2 Å². The molecular formula is C22H25NO4. The Labute approximate surface area is 159 Å². The predicted molar refractivity (Wildman–Crippen MR) is 101 cm³/mol. The molecule has 0 bridgehead atoms. The predicted octanol–water partition coefficient (Wildman–Crippen LogP) is 3.73. The summed E-state index contributed by atoms with van der Waals surface area (Å²) in [5, 5.41) is 0. The summed E-state index contributed by atoms with van der Waals surface area (Å²) in [7, 11) is 0. The van der Waals surface area contributed by atoms with Gasteiger partial charge < -0.3 is 0 Å². The summed E-state index contributed by atoms with van der Waals surface area (Å²) in [6, 6.07) is 6.75. The molecule has 1 aliphatic carbocycles. The Morgan fingerprint density at radius 3 is 2.48 bits per heavy atom. The fraction of sp³-hybridized carbons (Fsp3) is 0.455. The van der Waals surface area contributed by atoms with Crippen LogP contribution in [0.5, 0.6) is 0 Å². The highest BCUT2D eigenvalue weighted by atomic mass is 16.2. The monoisotopic (exact) mass is 367 g/mol. The number of nitrogens with zero attached hydrogens (tertiary/aromatic N) is 1. The number of likely N-dealkylation sites (tertiary alicyclic amines) is 1. The van der Waals surface area contributed by atoms with E-state index in [9.17, 15) is 19.2 Å². The second kappa shape index (κ2) is 7.99. The molecule has 5 heteroatoms. The Morgan fingerprint density at radius 1 is 1.11 bits per heavy atom. The summed E-state index contributed by atoms with van der Waals surface area (Å²) in [6.45, 7) is 4.07. The fourth-order valence-corrected chi connectivity index (χ4v) is 3.89. The number of carbonyl (C=O) groups excluding carboxylic acids is 4. The van der Waals surface area contributed by atoms with Gasteiger partial charge >= 0.3 is 0 Å². The van der Waals surface area contributed by atoms with E-state index in [1.807, 2.05) is 6.92 Å². The summed E-state index contributed by atoms with van der Waals surface area (Å²) >= 11 is 0. The van der Waals surface area contributed by atoms with Crippen molar-refractivity contribution in [2.75, 3.05) is 6.54 Å². The zero-order valence-corrected chi connectivity index (χ0v) is 15.9. The van der Waals surface area contributed by atoms with E-state index in [4.69, 9.17) is 0 Å². The van der Waals surface area contributed by atoms with Crippen LogP contribution in [-0.2, 0) is 9.59 Å². The van der Waals surface area contributed by atoms with Gasteiger partial charge in [0.25, 0.3) is 5.91 Å². The molecule has 27 heavy (non-hydrogen) atoms. The number of hydrogen-bond donors (Lipinski definition) is 0. The van der Waals surface area contributed by atoms with Crippen molar-refractivity contribution in [1.82, 2.24) is 4.90 Å². The van der Waals surface area contributed by atoms with Crippen LogP contribution in [0, 0.1) is 5.92 Å². The molecule has 0 N–H and O–H groups in total. The lowest BCUT2D eigenvalue weighted by atomic mass is 9.76. The van der Waals surface area contributed by atoms with Gasteiger partial charge in [-0.2, -0.15) is 0 Å². The van der Waals surface area contributed by atoms with E-state index < -0.39 is 11.8 Å². The molecule has 142 valence electrons. The number of rotatable bonds is 4. The van der Waals surface area contributed by atoms with Gasteiger partial charge in [0, 0.05) is 41.2 Å². The summed E-state index contributed by atoms with van der Waals surface area (Å²) in [6.07, 6.45) is 3.89. The summed E-state index contributed by atoms with van der Waals surface area (Å²) in [5.74, 6) is -1.67. The number of imide groups is 1. The first-order chi connectivity index (χ1) is 13.0. The molecule has 1 heterocycles. The highest BCUT2D eigenvalue weighted by Gasteiger charge is 2.38. The van der Waals surface area contributed by atoms with Gasteiger partial charge in [0.15, 0.2) is 11.6 Å². The summed E-state index contributed by atoms with van der Waals surface area (Å²) in [5.41, 5.74) is 1.38. The fourth-order valence-electron chi connectivity index (χ4n) is 3.89. The van der Waals surface area contributed by atoms with Crippen molar-refractivity contribution in [3.8, 4) is 0 Å². The topological polar surface area (TPSA) is 71.5 Å². The lowest BCUT2D eigenvalue weighted by molar-refractivity contribution is -0.144. The lowest BCUT2D eigenvalue weighted by Crippen LogP contribution is -2.42. The third-order valence-electron chi connectivity index (χ3n) is 5.44. The van der Waals surface area contributed by atoms with Crippen LogP contribution in [0.15, 0.2) is 35.4 Å². The van der Waals surface area contributed by atoms with Crippen molar-refractivity contribution in [1.29, 1.82) is 0 Å². The van der Waals surface area contributed by atoms with E-state index in [1.165, 1.54) is 4.90 Å². The van der Waals surface area contributed by atoms with Crippen molar-refractivity contribution in [3.05, 3.63) is 46.5 Å². The molecule has 1 saturated heterocycles. The standard InChI is InChI=1S/C22H25NO4/c1-3-4-9-17(22(27)23-13-8-7-12-18(23)24)19-14(2)20(25)15-10-5-6-11-16(15)21(19)26/h5-6,10-11,14H,3-4,7-9,12-13H2,1-2H3/b19-17-. The van der Waals surface area contributed by atoms with Crippen LogP contribution in [0.3, 0.4) is 0 Å². The Morgan fingerprint density at radius 2 is 1.81 bits per heavy atom. The summed E-state index contributed by atoms with van der Waals surface area (Å²) < 4.78 is 0. The summed E-state index contributed by atoms with van der Waals surface area (Å²) in [4.78, 5) is 52.7. The van der Waals surface area contributed by atoms with Gasteiger partial charge in [-0.15, -0.1) is 0 Å². The molecule has 1 aromatic rings. The van der Waals surface area contributed by atoms with Crippen LogP contribution in [-0.4, -0.2) is 34.8 Å². The second-order valence-electron chi connectivity index (χ2n) is 7.26. The minimum atomic E-state index is -0.678. The number of unbranched alkanes of at least 4 members (excludes halogenated alkanes) is 1. The van der Waals surface area contributed by atoms with Crippen LogP contribution >= 0.6 is 0 Å². The molecular weight excluding hydrogens is 342 g/mol. The van der Waals surface area contributed by atoms with Gasteiger partial charge in [-0.3, -0.25) is 24.1 Å². The number of ketones is 2. The molecule has 3 rings (SSSR count). The van der Waals surface area contributed by atoms with Gasteiger partial charge in [-0.05, 0) is 25.7 Å². The van der Waals surface area contributed by atoms with Crippen molar-refractivity contribution < 1.29 is 19.2 Å². The zero-order chi connectivity index (χ0) is 19.6. The van der Waals surface area contributed by atoms with Crippen LogP contribution in [0.25, 0.3) is 0 Å². The first kappa shape index (κ1) is 19.2. The molecule has 0 spiro atoms. The molecule has 1 aromatic carbocycles. The third-order valence-corrected chi connectivity index (χ3v) is 5.44. The Kier molecular flexibility index (Phi) is 5.68. The van der Waals surface area contributed by atoms with E-state index in [0.717, 1.165) is 25.7 Å². The zero-order valence-electron chi connectivity index (χ0n) is 15.9. The molecule has 1 aliphatic heterocycles. The minimum absolute atomic E-state index is 0.146. The minimum Gasteiger partial charge on any atom is -0.293 e. The molecule has 1 atom stereocenters. The first-order valence-electron chi connectivity index (χ1n) is 9.73.